The first-order valence-corrected chi connectivity index (χ1v) is 18.1. The Morgan fingerprint density at radius 2 is 1.02 bits per heavy atom. The van der Waals surface area contributed by atoms with E-state index in [2.05, 4.69) is 87.9 Å². The SMILES string of the molecule is CCC1=C(CC)c2cc3[nH]c(cc4nc(cc5[nH]c(cc1n2)c(CC)c5CC)C1=CCC(C#N)(C#N)C(C#N)(C#N)C14CC)c(CC)c3CC. The second-order valence-electron chi connectivity index (χ2n) is 13.4. The largest absolute Gasteiger partial charge is 0.355 e. The molecule has 50 heavy (non-hydrogen) atoms. The number of nitrogens with zero attached hydrogens (tertiary/aromatic N) is 6. The standard InChI is InChI=1S/C42H44N8/c1-8-25-26(9-2)33-18-35-29(12-5)30(13-6)37(49-35)20-39-42(14-7)31(15-16-40(21-43,22-44)41(42,23-45)24-46)38(50-39)19-36-28(11-4)27(10-3)34(48-36)17-32(25)47-33/h15,17-20,48-49H,8-14,16H2,1-7H3. The lowest BCUT2D eigenvalue weighted by molar-refractivity contribution is 0.180. The van der Waals surface area contributed by atoms with E-state index in [0.29, 0.717) is 17.8 Å². The molecule has 0 saturated carbocycles. The van der Waals surface area contributed by atoms with Gasteiger partial charge < -0.3 is 9.97 Å². The maximum absolute atomic E-state index is 11.0. The zero-order valence-electron chi connectivity index (χ0n) is 30.2. The molecule has 8 heteroatoms. The number of rotatable bonds is 7. The minimum Gasteiger partial charge on any atom is -0.355 e. The molecule has 0 radical (unpaired) electrons. The molecule has 1 unspecified atom stereocenters. The highest BCUT2D eigenvalue weighted by Crippen LogP contribution is 2.65. The minimum absolute atomic E-state index is 0.0466. The van der Waals surface area contributed by atoms with E-state index in [4.69, 9.17) is 9.97 Å². The van der Waals surface area contributed by atoms with E-state index in [1.54, 1.807) is 0 Å². The van der Waals surface area contributed by atoms with Crippen LogP contribution in [0.5, 0.6) is 0 Å². The highest BCUT2D eigenvalue weighted by Gasteiger charge is 2.71. The third-order valence-corrected chi connectivity index (χ3v) is 11.6. The molecule has 3 aromatic rings. The van der Waals surface area contributed by atoms with E-state index in [-0.39, 0.29) is 6.42 Å². The van der Waals surface area contributed by atoms with Crippen LogP contribution in [0.25, 0.3) is 38.8 Å². The second-order valence-corrected chi connectivity index (χ2v) is 13.4. The van der Waals surface area contributed by atoms with Gasteiger partial charge in [-0.15, -0.1) is 0 Å². The van der Waals surface area contributed by atoms with Crippen molar-refractivity contribution in [3.63, 3.8) is 0 Å². The van der Waals surface area contributed by atoms with Crippen LogP contribution in [-0.2, 0) is 31.1 Å². The van der Waals surface area contributed by atoms with Gasteiger partial charge in [0.15, 0.2) is 10.8 Å². The first-order valence-electron chi connectivity index (χ1n) is 18.1. The number of aromatic nitrogens is 4. The van der Waals surface area contributed by atoms with Gasteiger partial charge in [0.1, 0.15) is 0 Å². The number of nitrogens with one attached hydrogen (secondary N) is 2. The Bertz CT molecular complexity index is 2290. The summed E-state index contributed by atoms with van der Waals surface area (Å²) in [5, 5.41) is 43.1. The molecular formula is C42H44N8. The lowest BCUT2D eigenvalue weighted by atomic mass is 9.45. The van der Waals surface area contributed by atoms with Crippen molar-refractivity contribution in [1.82, 2.24) is 19.9 Å². The predicted octanol–water partition coefficient (Wildman–Crippen LogP) is 9.50. The smallest absolute Gasteiger partial charge is 0.190 e. The van der Waals surface area contributed by atoms with E-state index in [0.717, 1.165) is 83.1 Å². The van der Waals surface area contributed by atoms with Gasteiger partial charge in [-0.2, -0.15) is 21.0 Å². The zero-order chi connectivity index (χ0) is 36.0. The van der Waals surface area contributed by atoms with E-state index >= 15 is 0 Å². The summed E-state index contributed by atoms with van der Waals surface area (Å²) >= 11 is 0. The monoisotopic (exact) mass is 660 g/mol. The van der Waals surface area contributed by atoms with Crippen molar-refractivity contribution in [2.45, 2.75) is 105 Å². The topological polar surface area (TPSA) is 153 Å². The van der Waals surface area contributed by atoms with Gasteiger partial charge in [0.25, 0.3) is 0 Å². The highest BCUT2D eigenvalue weighted by molar-refractivity contribution is 5.94. The number of aryl methyl sites for hydroxylation is 4. The summed E-state index contributed by atoms with van der Waals surface area (Å²) in [7, 11) is 0. The molecular weight excluding hydrogens is 617 g/mol. The molecule has 2 N–H and O–H groups in total. The number of aromatic amines is 2. The molecule has 0 aromatic carbocycles. The van der Waals surface area contributed by atoms with E-state index < -0.39 is 16.2 Å². The van der Waals surface area contributed by atoms with Crippen LogP contribution in [-0.4, -0.2) is 19.9 Å². The third kappa shape index (κ3) is 4.38. The maximum atomic E-state index is 11.0. The molecule has 2 aliphatic heterocycles. The van der Waals surface area contributed by atoms with Crippen LogP contribution < -0.4 is 0 Å². The average molecular weight is 661 g/mol. The Balaban J connectivity index is 1.91. The van der Waals surface area contributed by atoms with Crippen molar-refractivity contribution in [2.75, 3.05) is 0 Å². The van der Waals surface area contributed by atoms with E-state index in [1.807, 2.05) is 25.1 Å². The van der Waals surface area contributed by atoms with Crippen molar-refractivity contribution < 1.29 is 0 Å². The van der Waals surface area contributed by atoms with Crippen molar-refractivity contribution in [2.24, 2.45) is 10.8 Å². The number of allylic oxidation sites excluding steroid dienone is 4. The summed E-state index contributed by atoms with van der Waals surface area (Å²) < 4.78 is 0. The van der Waals surface area contributed by atoms with Gasteiger partial charge in [0, 0.05) is 28.5 Å². The third-order valence-electron chi connectivity index (χ3n) is 11.6. The average Bonchev–Trinajstić information content (AvgIpc) is 3.85. The van der Waals surface area contributed by atoms with Gasteiger partial charge in [0.05, 0.1) is 52.5 Å². The van der Waals surface area contributed by atoms with Crippen molar-refractivity contribution >= 4 is 38.8 Å². The Hall–Kier alpha value is -5.44. The fourth-order valence-electron chi connectivity index (χ4n) is 9.18. The van der Waals surface area contributed by atoms with E-state index in [9.17, 15) is 21.0 Å². The number of nitriles is 4. The first kappa shape index (κ1) is 34.4. The summed E-state index contributed by atoms with van der Waals surface area (Å²) in [4.78, 5) is 18.0. The van der Waals surface area contributed by atoms with Gasteiger partial charge in [0.2, 0.25) is 0 Å². The Morgan fingerprint density at radius 1 is 0.580 bits per heavy atom. The maximum Gasteiger partial charge on any atom is 0.190 e. The fraction of sp³-hybridized carbons (Fsp3) is 0.429. The summed E-state index contributed by atoms with van der Waals surface area (Å²) in [6.45, 7) is 14.9. The summed E-state index contributed by atoms with van der Waals surface area (Å²) in [6.07, 6.45) is 7.02. The molecule has 0 amide bonds. The van der Waals surface area contributed by atoms with Crippen molar-refractivity contribution in [3.8, 4) is 24.3 Å². The van der Waals surface area contributed by atoms with Crippen LogP contribution in [0.2, 0.25) is 0 Å². The molecule has 0 fully saturated rings. The molecule has 3 aromatic heterocycles. The van der Waals surface area contributed by atoms with Crippen molar-refractivity contribution in [3.05, 3.63) is 75.4 Å². The van der Waals surface area contributed by atoms with Gasteiger partial charge in [-0.25, -0.2) is 4.98 Å². The summed E-state index contributed by atoms with van der Waals surface area (Å²) in [5.74, 6) is 0. The minimum atomic E-state index is -2.02. The molecule has 1 atom stereocenters. The van der Waals surface area contributed by atoms with E-state index in [1.165, 1.54) is 27.8 Å². The van der Waals surface area contributed by atoms with Gasteiger partial charge >= 0.3 is 0 Å². The zero-order valence-corrected chi connectivity index (χ0v) is 30.2. The molecule has 8 nitrogen and oxygen atoms in total. The van der Waals surface area contributed by atoms with Crippen LogP contribution in [0.4, 0.5) is 0 Å². The molecule has 6 rings (SSSR count). The van der Waals surface area contributed by atoms with Crippen LogP contribution >= 0.6 is 0 Å². The number of H-pyrrole nitrogens is 2. The highest BCUT2D eigenvalue weighted by atomic mass is 14.9. The molecule has 5 heterocycles. The molecule has 252 valence electrons. The van der Waals surface area contributed by atoms with Crippen LogP contribution in [0, 0.1) is 56.2 Å². The lowest BCUT2D eigenvalue weighted by Gasteiger charge is -2.48. The van der Waals surface area contributed by atoms with Crippen LogP contribution in [0.15, 0.2) is 30.3 Å². The molecule has 1 aliphatic carbocycles. The number of hydrogen-bond donors (Lipinski definition) is 2. The molecule has 8 bridgehead atoms. The molecule has 0 spiro atoms. The first-order chi connectivity index (χ1) is 24.2. The Labute approximate surface area is 294 Å². The number of hydrogen-bond acceptors (Lipinski definition) is 6. The fourth-order valence-corrected chi connectivity index (χ4v) is 9.18. The Kier molecular flexibility index (Phi) is 8.80. The quantitative estimate of drug-likeness (QED) is 0.257. The van der Waals surface area contributed by atoms with Crippen molar-refractivity contribution in [1.29, 1.82) is 21.0 Å². The number of fused-ring (bicyclic) bond motifs is 11. The van der Waals surface area contributed by atoms with Crippen LogP contribution in [0.3, 0.4) is 0 Å². The lowest BCUT2D eigenvalue weighted by Crippen LogP contribution is -2.55. The van der Waals surface area contributed by atoms with Gasteiger partial charge in [-0.3, -0.25) is 4.98 Å². The predicted molar refractivity (Wildman–Crippen MR) is 198 cm³/mol. The second kappa shape index (κ2) is 12.8. The molecule has 3 aliphatic rings. The van der Waals surface area contributed by atoms with Gasteiger partial charge in [-0.05, 0) is 108 Å². The van der Waals surface area contributed by atoms with Crippen LogP contribution in [0.1, 0.15) is 119 Å². The normalized spacial score (nSPS) is 18.7. The Morgan fingerprint density at radius 3 is 1.40 bits per heavy atom. The van der Waals surface area contributed by atoms with Gasteiger partial charge in [-0.1, -0.05) is 54.5 Å². The summed E-state index contributed by atoms with van der Waals surface area (Å²) in [6, 6.07) is 17.2. The molecule has 0 saturated heterocycles. The summed E-state index contributed by atoms with van der Waals surface area (Å²) in [5.41, 5.74) is 9.53.